The van der Waals surface area contributed by atoms with Crippen LogP contribution in [-0.2, 0) is 36.1 Å². The third-order valence-electron chi connectivity index (χ3n) is 11.2. The Bertz CT molecular complexity index is 2840. The number of carbonyl (C=O) groups excluding carboxylic acids is 2. The highest BCUT2D eigenvalue weighted by Crippen LogP contribution is 2.65. The van der Waals surface area contributed by atoms with E-state index in [0.29, 0.717) is 28.1 Å². The minimum Gasteiger partial charge on any atom is -0.503 e. The predicted octanol–water partition coefficient (Wildman–Crippen LogP) is 4.89. The van der Waals surface area contributed by atoms with Gasteiger partial charge in [-0.1, -0.05) is 6.08 Å². The molecule has 2 amide bonds. The van der Waals surface area contributed by atoms with E-state index in [0.717, 1.165) is 21.6 Å². The number of allylic oxidation sites excluding steroid dienone is 2. The molecular formula is C38H31Br2Cl2FN6O9. The Balaban J connectivity index is 1.26. The van der Waals surface area contributed by atoms with Gasteiger partial charge >= 0.3 is 11.4 Å². The normalized spacial score (nSPS) is 22.4. The number of aromatic nitrogens is 5. The molecule has 20 heteroatoms. The fraction of sp³-hybridized carbons (Fsp3) is 0.316. The molecule has 4 unspecified atom stereocenters. The van der Waals surface area contributed by atoms with Gasteiger partial charge < -0.3 is 23.9 Å². The number of phenolic OH excluding ortho intramolecular Hbond substituents is 1. The number of carbonyl (C=O) groups is 2. The monoisotopic (exact) mass is 962 g/mol. The molecule has 1 N–H and O–H groups in total. The molecule has 8 rings (SSSR count). The molecule has 15 nitrogen and oxygen atoms in total. The largest absolute Gasteiger partial charge is 0.503 e. The van der Waals surface area contributed by atoms with Crippen LogP contribution in [0.3, 0.4) is 0 Å². The van der Waals surface area contributed by atoms with Gasteiger partial charge in [0.15, 0.2) is 32.7 Å². The summed E-state index contributed by atoms with van der Waals surface area (Å²) in [5, 5.41) is 10.8. The van der Waals surface area contributed by atoms with Crippen molar-refractivity contribution in [1.29, 1.82) is 0 Å². The molecule has 2 fully saturated rings. The molecule has 4 atom stereocenters. The van der Waals surface area contributed by atoms with Crippen molar-refractivity contribution in [2.45, 2.75) is 47.6 Å². The summed E-state index contributed by atoms with van der Waals surface area (Å²) in [4.78, 5) is 72.1. The number of aryl methyl sites for hydroxylation is 2. The van der Waals surface area contributed by atoms with Gasteiger partial charge in [0.25, 0.3) is 17.4 Å². The summed E-state index contributed by atoms with van der Waals surface area (Å²) in [6, 6.07) is 8.21. The summed E-state index contributed by atoms with van der Waals surface area (Å²) in [6.07, 6.45) is 1.13. The van der Waals surface area contributed by atoms with Crippen LogP contribution in [0.5, 0.6) is 23.0 Å². The molecule has 3 aliphatic rings. The molecule has 4 heterocycles. The number of benzene rings is 3. The van der Waals surface area contributed by atoms with Crippen molar-refractivity contribution in [2.24, 2.45) is 7.05 Å². The minimum atomic E-state index is -2.27. The molecule has 2 aromatic heterocycles. The smallest absolute Gasteiger partial charge is 0.347 e. The number of anilines is 1. The summed E-state index contributed by atoms with van der Waals surface area (Å²) in [5.74, 6) is -3.23. The summed E-state index contributed by atoms with van der Waals surface area (Å²) in [6.45, 7) is -0.396. The maximum absolute atomic E-state index is 14.7. The van der Waals surface area contributed by atoms with Crippen molar-refractivity contribution in [2.75, 3.05) is 26.2 Å². The summed E-state index contributed by atoms with van der Waals surface area (Å²) < 4.78 is 35.4. The van der Waals surface area contributed by atoms with Crippen LogP contribution in [-0.4, -0.2) is 71.5 Å². The minimum absolute atomic E-state index is 0.0105. The van der Waals surface area contributed by atoms with Gasteiger partial charge in [-0.15, -0.1) is 23.2 Å². The van der Waals surface area contributed by atoms with E-state index < -0.39 is 62.7 Å². The average Bonchev–Trinajstić information content (AvgIpc) is 3.54. The molecule has 5 aromatic rings. The van der Waals surface area contributed by atoms with E-state index in [1.165, 1.54) is 53.5 Å². The van der Waals surface area contributed by atoms with E-state index in [4.69, 9.17) is 37.4 Å². The van der Waals surface area contributed by atoms with Crippen molar-refractivity contribution < 1.29 is 33.3 Å². The number of imide groups is 1. The van der Waals surface area contributed by atoms with Gasteiger partial charge in [-0.3, -0.25) is 14.4 Å². The van der Waals surface area contributed by atoms with Crippen LogP contribution >= 0.6 is 55.1 Å². The highest BCUT2D eigenvalue weighted by atomic mass is 79.9. The Morgan fingerprint density at radius 1 is 0.914 bits per heavy atom. The van der Waals surface area contributed by atoms with Gasteiger partial charge in [-0.25, -0.2) is 37.8 Å². The van der Waals surface area contributed by atoms with E-state index in [2.05, 4.69) is 36.8 Å². The number of rotatable bonds is 8. The first kappa shape index (κ1) is 39.9. The quantitative estimate of drug-likeness (QED) is 0.128. The van der Waals surface area contributed by atoms with Gasteiger partial charge in [-0.05, 0) is 73.3 Å². The number of fused-ring (bicyclic) bond motifs is 5. The molecule has 0 spiro atoms. The highest BCUT2D eigenvalue weighted by Gasteiger charge is 2.76. The second kappa shape index (κ2) is 14.1. The van der Waals surface area contributed by atoms with Gasteiger partial charge in [0.05, 0.1) is 55.1 Å². The molecular weight excluding hydrogens is 934 g/mol. The number of phenols is 1. The number of nitrogens with zero attached hydrogens (tertiary/aromatic N) is 6. The fourth-order valence-electron chi connectivity index (χ4n) is 8.31. The first-order valence-corrected chi connectivity index (χ1v) is 19.9. The lowest BCUT2D eigenvalue weighted by Crippen LogP contribution is -2.59. The third kappa shape index (κ3) is 5.47. The second-order valence-corrected chi connectivity index (χ2v) is 16.8. The van der Waals surface area contributed by atoms with E-state index >= 15 is 0 Å². The van der Waals surface area contributed by atoms with Crippen molar-refractivity contribution in [1.82, 2.24) is 23.5 Å². The topological polar surface area (TPSA) is 169 Å². The first-order valence-electron chi connectivity index (χ1n) is 17.5. The van der Waals surface area contributed by atoms with Crippen LogP contribution in [0.2, 0.25) is 0 Å². The number of alkyl halides is 2. The maximum atomic E-state index is 14.7. The average molecular weight is 965 g/mol. The first-order chi connectivity index (χ1) is 27.5. The Labute approximate surface area is 354 Å². The van der Waals surface area contributed by atoms with Crippen LogP contribution in [0.1, 0.15) is 29.6 Å². The van der Waals surface area contributed by atoms with Crippen LogP contribution in [0.25, 0.3) is 11.0 Å². The maximum Gasteiger partial charge on any atom is 0.347 e. The fourth-order valence-corrected chi connectivity index (χ4v) is 10.2. The Morgan fingerprint density at radius 3 is 2.22 bits per heavy atom. The lowest BCUT2D eigenvalue weighted by atomic mass is 9.64. The lowest BCUT2D eigenvalue weighted by Gasteiger charge is -2.49. The van der Waals surface area contributed by atoms with Crippen molar-refractivity contribution >= 4 is 83.6 Å². The van der Waals surface area contributed by atoms with Crippen LogP contribution < -0.4 is 36.0 Å². The number of amides is 2. The standard InChI is InChI=1S/C38H31Br2Cl2FN6O9/c1-45-23-15-26(57-3)25(56-2)14-22(23)44-21(32(45)51)10-11-46-35(54)47-12-9-19-24(49(47)36(46)55)16-37(41)33(52)48(18-7-5-17(43)6-8-18)34(53)38(37,42)28(19)20-13-27(58-4)31(50)30(40)29(20)39/h5-9,13-15,24,28,50H,10-12,16H2,1-4H3. The summed E-state index contributed by atoms with van der Waals surface area (Å²) in [7, 11) is 5.83. The van der Waals surface area contributed by atoms with Gasteiger partial charge in [0.1, 0.15) is 11.5 Å². The highest BCUT2D eigenvalue weighted by molar-refractivity contribution is 9.13. The lowest BCUT2D eigenvalue weighted by molar-refractivity contribution is -0.122. The summed E-state index contributed by atoms with van der Waals surface area (Å²) >= 11 is 21.8. The van der Waals surface area contributed by atoms with E-state index in [9.17, 15) is 33.5 Å². The number of hydrogen-bond acceptors (Lipinski definition) is 10. The van der Waals surface area contributed by atoms with E-state index in [1.54, 1.807) is 25.3 Å². The van der Waals surface area contributed by atoms with Crippen LogP contribution in [0.4, 0.5) is 10.1 Å². The van der Waals surface area contributed by atoms with Gasteiger partial charge in [0.2, 0.25) is 0 Å². The zero-order chi connectivity index (χ0) is 41.7. The zero-order valence-electron chi connectivity index (χ0n) is 30.9. The van der Waals surface area contributed by atoms with Crippen LogP contribution in [0.15, 0.2) is 77.4 Å². The van der Waals surface area contributed by atoms with Gasteiger partial charge in [0, 0.05) is 49.0 Å². The number of methoxy groups -OCH3 is 3. The third-order valence-corrected chi connectivity index (χ3v) is 14.7. The van der Waals surface area contributed by atoms with Gasteiger partial charge in [-0.2, -0.15) is 0 Å². The molecule has 1 aliphatic carbocycles. The van der Waals surface area contributed by atoms with Crippen molar-refractivity contribution in [3.05, 3.63) is 111 Å². The SMILES string of the molecule is COc1cc2nc(CCn3c(=O)n4n(c3=O)C3CC5(Cl)C(=O)N(c6ccc(F)cc6)C(=O)C5(Cl)C(c5cc(OC)c(O)c(Br)c5Br)C3=CC4)c(=O)n(C)c2cc1OC. The van der Waals surface area contributed by atoms with E-state index in [-0.39, 0.29) is 56.9 Å². The Kier molecular flexibility index (Phi) is 9.72. The number of halogens is 5. The molecule has 3 aromatic carbocycles. The molecule has 0 radical (unpaired) electrons. The number of hydrogen-bond donors (Lipinski definition) is 1. The molecule has 1 saturated heterocycles. The van der Waals surface area contributed by atoms with Crippen molar-refractivity contribution in [3.8, 4) is 23.0 Å². The number of ether oxygens (including phenoxy) is 3. The molecule has 2 aliphatic heterocycles. The Morgan fingerprint density at radius 2 is 1.57 bits per heavy atom. The second-order valence-electron chi connectivity index (χ2n) is 13.9. The Hall–Kier alpha value is -4.91. The van der Waals surface area contributed by atoms with E-state index in [1.807, 2.05) is 0 Å². The number of aromatic hydroxyl groups is 1. The molecule has 1 saturated carbocycles. The predicted molar refractivity (Wildman–Crippen MR) is 217 cm³/mol. The summed E-state index contributed by atoms with van der Waals surface area (Å²) in [5.41, 5.74) is -0.308. The molecule has 0 bridgehead atoms. The molecule has 58 heavy (non-hydrogen) atoms. The zero-order valence-corrected chi connectivity index (χ0v) is 35.6. The van der Waals surface area contributed by atoms with Crippen molar-refractivity contribution in [3.63, 3.8) is 0 Å². The molecule has 302 valence electrons. The van der Waals surface area contributed by atoms with Crippen LogP contribution in [0, 0.1) is 5.82 Å².